The monoisotopic (exact) mass is 331 g/mol. The Morgan fingerprint density at radius 3 is 2.78 bits per heavy atom. The first-order chi connectivity index (χ1) is 11.2. The highest BCUT2D eigenvalue weighted by molar-refractivity contribution is 7.11. The first-order valence-corrected chi connectivity index (χ1v) is 8.91. The van der Waals surface area contributed by atoms with Crippen LogP contribution in [0.4, 0.5) is 0 Å². The molecular formula is C17H25N5S. The first kappa shape index (κ1) is 17.4. The summed E-state index contributed by atoms with van der Waals surface area (Å²) in [5, 5.41) is 7.81. The molecule has 0 aromatic carbocycles. The highest BCUT2D eigenvalue weighted by Crippen LogP contribution is 2.17. The van der Waals surface area contributed by atoms with Gasteiger partial charge in [0.05, 0.1) is 22.9 Å². The molecule has 0 aliphatic heterocycles. The van der Waals surface area contributed by atoms with E-state index in [0.29, 0.717) is 6.54 Å². The van der Waals surface area contributed by atoms with E-state index in [2.05, 4.69) is 46.4 Å². The molecule has 0 unspecified atom stereocenters. The molecule has 0 aliphatic carbocycles. The maximum Gasteiger partial charge on any atom is 0.191 e. The van der Waals surface area contributed by atoms with Gasteiger partial charge in [0.2, 0.25) is 0 Å². The largest absolute Gasteiger partial charge is 0.357 e. The number of aliphatic imine (C=N–C) groups is 1. The molecule has 2 aromatic rings. The van der Waals surface area contributed by atoms with Gasteiger partial charge in [-0.05, 0) is 32.4 Å². The lowest BCUT2D eigenvalue weighted by Gasteiger charge is -2.10. The Morgan fingerprint density at radius 2 is 2.13 bits per heavy atom. The normalized spacial score (nSPS) is 11.5. The zero-order chi connectivity index (χ0) is 16.5. The predicted octanol–water partition coefficient (Wildman–Crippen LogP) is 2.71. The predicted molar refractivity (Wildman–Crippen MR) is 97.0 cm³/mol. The van der Waals surface area contributed by atoms with Crippen LogP contribution in [-0.2, 0) is 19.4 Å². The van der Waals surface area contributed by atoms with Crippen molar-refractivity contribution in [3.05, 3.63) is 45.7 Å². The molecule has 0 fully saturated rings. The van der Waals surface area contributed by atoms with Gasteiger partial charge in [-0.3, -0.25) is 4.98 Å². The third-order valence-corrected chi connectivity index (χ3v) is 4.45. The van der Waals surface area contributed by atoms with Gasteiger partial charge in [0.15, 0.2) is 5.96 Å². The number of rotatable bonds is 7. The van der Waals surface area contributed by atoms with Gasteiger partial charge >= 0.3 is 0 Å². The van der Waals surface area contributed by atoms with Crippen LogP contribution in [0.5, 0.6) is 0 Å². The van der Waals surface area contributed by atoms with Gasteiger partial charge in [-0.2, -0.15) is 0 Å². The molecule has 0 spiro atoms. The Balaban J connectivity index is 1.86. The summed E-state index contributed by atoms with van der Waals surface area (Å²) in [7, 11) is 0. The summed E-state index contributed by atoms with van der Waals surface area (Å²) < 4.78 is 0. The Bertz CT molecular complexity index is 621. The van der Waals surface area contributed by atoms with Gasteiger partial charge in [0.1, 0.15) is 0 Å². The minimum atomic E-state index is 0.576. The van der Waals surface area contributed by atoms with Gasteiger partial charge in [-0.25, -0.2) is 9.98 Å². The summed E-state index contributed by atoms with van der Waals surface area (Å²) in [5.74, 6) is 0.821. The zero-order valence-electron chi connectivity index (χ0n) is 14.1. The highest BCUT2D eigenvalue weighted by Gasteiger charge is 2.06. The molecule has 5 nitrogen and oxygen atoms in total. The zero-order valence-corrected chi connectivity index (χ0v) is 14.9. The van der Waals surface area contributed by atoms with Gasteiger partial charge in [0, 0.05) is 30.6 Å². The Hall–Kier alpha value is -1.95. The summed E-state index contributed by atoms with van der Waals surface area (Å²) >= 11 is 1.79. The number of aromatic nitrogens is 2. The fourth-order valence-corrected chi connectivity index (χ4v) is 3.23. The lowest BCUT2D eigenvalue weighted by Crippen LogP contribution is -2.38. The molecule has 0 saturated heterocycles. The van der Waals surface area contributed by atoms with Crippen molar-refractivity contribution in [3.63, 3.8) is 0 Å². The quantitative estimate of drug-likeness (QED) is 0.605. The van der Waals surface area contributed by atoms with E-state index in [4.69, 9.17) is 0 Å². The van der Waals surface area contributed by atoms with Crippen LogP contribution >= 0.6 is 11.3 Å². The van der Waals surface area contributed by atoms with Crippen LogP contribution in [0.1, 0.15) is 35.1 Å². The number of hydrogen-bond acceptors (Lipinski definition) is 4. The van der Waals surface area contributed by atoms with E-state index in [1.165, 1.54) is 15.6 Å². The Kier molecular flexibility index (Phi) is 7.00. The molecule has 23 heavy (non-hydrogen) atoms. The van der Waals surface area contributed by atoms with Crippen LogP contribution in [0.15, 0.2) is 29.4 Å². The summed E-state index contributed by atoms with van der Waals surface area (Å²) in [5.41, 5.74) is 2.19. The molecule has 124 valence electrons. The molecular weight excluding hydrogens is 306 g/mol. The Labute approximate surface area is 142 Å². The van der Waals surface area contributed by atoms with Crippen LogP contribution in [0.2, 0.25) is 0 Å². The van der Waals surface area contributed by atoms with Crippen LogP contribution in [0.3, 0.4) is 0 Å². The number of guanidine groups is 1. The van der Waals surface area contributed by atoms with Crippen LogP contribution in [0.25, 0.3) is 0 Å². The molecule has 0 saturated carbocycles. The standard InChI is InChI=1S/C17H25N5S/c1-4-15-13(3)23-16(22-15)9-11-20-17(18-5-2)21-12-14-8-6-7-10-19-14/h6-8,10H,4-5,9,11-12H2,1-3H3,(H2,18,20,21). The molecule has 0 bridgehead atoms. The molecule has 0 atom stereocenters. The van der Waals surface area contributed by atoms with E-state index in [1.54, 1.807) is 17.5 Å². The van der Waals surface area contributed by atoms with Crippen molar-refractivity contribution < 1.29 is 0 Å². The van der Waals surface area contributed by atoms with E-state index >= 15 is 0 Å². The second kappa shape index (κ2) is 9.25. The molecule has 0 aliphatic rings. The smallest absolute Gasteiger partial charge is 0.191 e. The van der Waals surface area contributed by atoms with Crippen LogP contribution in [-0.4, -0.2) is 29.0 Å². The van der Waals surface area contributed by atoms with Crippen LogP contribution in [0, 0.1) is 6.92 Å². The van der Waals surface area contributed by atoms with E-state index in [0.717, 1.165) is 37.6 Å². The van der Waals surface area contributed by atoms with Crippen molar-refractivity contribution in [1.82, 2.24) is 20.6 Å². The molecule has 2 N–H and O–H groups in total. The van der Waals surface area contributed by atoms with Crippen LogP contribution < -0.4 is 10.6 Å². The number of nitrogens with one attached hydrogen (secondary N) is 2. The average molecular weight is 331 g/mol. The Morgan fingerprint density at radius 1 is 1.26 bits per heavy atom. The number of nitrogens with zero attached hydrogens (tertiary/aromatic N) is 3. The van der Waals surface area contributed by atoms with Gasteiger partial charge in [-0.15, -0.1) is 11.3 Å². The van der Waals surface area contributed by atoms with E-state index in [9.17, 15) is 0 Å². The molecule has 2 aromatic heterocycles. The first-order valence-electron chi connectivity index (χ1n) is 8.10. The maximum absolute atomic E-state index is 4.67. The van der Waals surface area contributed by atoms with E-state index in [1.807, 2.05) is 18.2 Å². The third kappa shape index (κ3) is 5.63. The van der Waals surface area contributed by atoms with Crippen molar-refractivity contribution >= 4 is 17.3 Å². The summed E-state index contributed by atoms with van der Waals surface area (Å²) in [6.07, 6.45) is 3.71. The SMILES string of the molecule is CCNC(=NCc1ccccn1)NCCc1nc(CC)c(C)s1. The number of hydrogen-bond donors (Lipinski definition) is 2. The molecule has 6 heteroatoms. The topological polar surface area (TPSA) is 62.2 Å². The third-order valence-electron chi connectivity index (χ3n) is 3.37. The number of thiazole rings is 1. The maximum atomic E-state index is 4.67. The molecule has 2 heterocycles. The summed E-state index contributed by atoms with van der Waals surface area (Å²) in [4.78, 5) is 14.9. The van der Waals surface area contributed by atoms with Crippen molar-refractivity contribution in [2.75, 3.05) is 13.1 Å². The van der Waals surface area contributed by atoms with Crippen molar-refractivity contribution in [1.29, 1.82) is 0 Å². The second-order valence-corrected chi connectivity index (χ2v) is 6.44. The molecule has 0 radical (unpaired) electrons. The fourth-order valence-electron chi connectivity index (χ4n) is 2.20. The van der Waals surface area contributed by atoms with Gasteiger partial charge in [-0.1, -0.05) is 13.0 Å². The average Bonchev–Trinajstić information content (AvgIpc) is 2.93. The second-order valence-electron chi connectivity index (χ2n) is 5.16. The molecule has 2 rings (SSSR count). The minimum Gasteiger partial charge on any atom is -0.357 e. The summed E-state index contributed by atoms with van der Waals surface area (Å²) in [6.45, 7) is 8.60. The van der Waals surface area contributed by atoms with Gasteiger partial charge < -0.3 is 10.6 Å². The van der Waals surface area contributed by atoms with E-state index < -0.39 is 0 Å². The van der Waals surface area contributed by atoms with E-state index in [-0.39, 0.29) is 0 Å². The lowest BCUT2D eigenvalue weighted by atomic mass is 10.3. The van der Waals surface area contributed by atoms with Crippen molar-refractivity contribution in [3.8, 4) is 0 Å². The minimum absolute atomic E-state index is 0.576. The van der Waals surface area contributed by atoms with Gasteiger partial charge in [0.25, 0.3) is 0 Å². The van der Waals surface area contributed by atoms with Crippen molar-refractivity contribution in [2.24, 2.45) is 4.99 Å². The van der Waals surface area contributed by atoms with Crippen molar-refractivity contribution in [2.45, 2.75) is 40.2 Å². The summed E-state index contributed by atoms with van der Waals surface area (Å²) in [6, 6.07) is 5.88. The number of pyridine rings is 1. The lowest BCUT2D eigenvalue weighted by molar-refractivity contribution is 0.791. The highest BCUT2D eigenvalue weighted by atomic mass is 32.1. The molecule has 0 amide bonds. The fraction of sp³-hybridized carbons (Fsp3) is 0.471. The number of aryl methyl sites for hydroxylation is 2.